The van der Waals surface area contributed by atoms with Gasteiger partial charge in [-0.3, -0.25) is 4.79 Å². The molecule has 14 heteroatoms. The largest absolute Gasteiger partial charge is 0.507 e. The highest BCUT2D eigenvalue weighted by Crippen LogP contribution is 2.45. The lowest BCUT2D eigenvalue weighted by Crippen LogP contribution is -2.56. The number of esters is 1. The van der Waals surface area contributed by atoms with Crippen molar-refractivity contribution in [1.82, 2.24) is 0 Å². The van der Waals surface area contributed by atoms with Gasteiger partial charge in [-0.15, -0.1) is 0 Å². The normalized spacial score (nSPS) is 21.6. The van der Waals surface area contributed by atoms with E-state index in [9.17, 15) is 50.4 Å². The maximum atomic E-state index is 13.2. The van der Waals surface area contributed by atoms with Crippen LogP contribution in [0, 0.1) is 0 Å². The average molecular weight is 625 g/mol. The van der Waals surface area contributed by atoms with E-state index in [0.29, 0.717) is 5.56 Å². The first-order chi connectivity index (χ1) is 21.4. The van der Waals surface area contributed by atoms with Crippen LogP contribution < -0.4 is 10.2 Å². The highest BCUT2D eigenvalue weighted by Gasteiger charge is 2.49. The number of aliphatic hydroxyl groups is 3. The van der Waals surface area contributed by atoms with Crippen LogP contribution in [-0.2, 0) is 14.3 Å². The maximum absolute atomic E-state index is 13.2. The number of carbonyl (C=O) groups excluding carboxylic acids is 1. The first-order valence-electron chi connectivity index (χ1n) is 13.4. The van der Waals surface area contributed by atoms with Gasteiger partial charge < -0.3 is 59.5 Å². The molecule has 0 unspecified atom stereocenters. The second kappa shape index (κ2) is 12.4. The average Bonchev–Trinajstić information content (AvgIpc) is 3.00. The molecule has 2 heterocycles. The zero-order chi connectivity index (χ0) is 32.6. The minimum atomic E-state index is -1.89. The van der Waals surface area contributed by atoms with Crippen LogP contribution in [0.5, 0.6) is 34.5 Å². The number of methoxy groups -OCH3 is 1. The van der Waals surface area contributed by atoms with Gasteiger partial charge in [0.15, 0.2) is 40.1 Å². The van der Waals surface area contributed by atoms with E-state index in [1.165, 1.54) is 37.5 Å². The lowest BCUT2D eigenvalue weighted by Gasteiger charge is -2.41. The molecule has 5 atom stereocenters. The zero-order valence-corrected chi connectivity index (χ0v) is 23.4. The van der Waals surface area contributed by atoms with Crippen molar-refractivity contribution in [3.05, 3.63) is 76.0 Å². The number of phenols is 5. The van der Waals surface area contributed by atoms with E-state index >= 15 is 0 Å². The zero-order valence-electron chi connectivity index (χ0n) is 23.4. The van der Waals surface area contributed by atoms with Crippen LogP contribution in [0.25, 0.3) is 28.4 Å². The lowest BCUT2D eigenvalue weighted by molar-refractivity contribution is -0.239. The van der Waals surface area contributed by atoms with Crippen molar-refractivity contribution >= 4 is 23.0 Å². The van der Waals surface area contributed by atoms with Crippen LogP contribution >= 0.6 is 0 Å². The Hall–Kier alpha value is -5.28. The second-order valence-electron chi connectivity index (χ2n) is 10.1. The molecule has 1 saturated heterocycles. The minimum Gasteiger partial charge on any atom is -0.507 e. The summed E-state index contributed by atoms with van der Waals surface area (Å²) in [5.74, 6) is -3.59. The fourth-order valence-corrected chi connectivity index (χ4v) is 5.01. The standard InChI is InChI=1S/C31H28O14/c1-42-22-8-13(2-5-16(22)34)3-7-24(39)45-31-28(41)27(40)23(12-32)44-30(31)26-19(37)10-18(36)25-20(38)11-21(43-29(25)26)14-4-6-15(33)17(35)9-14/h2-11,23,27-28,30-37,40-41H,12H2,1H3/b7-3+/t23-,27+,28-,30-,31+/m0/s1. The predicted molar refractivity (Wildman–Crippen MR) is 155 cm³/mol. The Morgan fingerprint density at radius 1 is 0.889 bits per heavy atom. The number of carbonyl (C=O) groups is 1. The van der Waals surface area contributed by atoms with Gasteiger partial charge in [-0.1, -0.05) is 6.07 Å². The Balaban J connectivity index is 1.60. The number of aromatic hydroxyl groups is 5. The molecule has 0 spiro atoms. The molecule has 4 aromatic rings. The molecule has 1 aromatic heterocycles. The summed E-state index contributed by atoms with van der Waals surface area (Å²) in [5, 5.41) is 82.0. The van der Waals surface area contributed by atoms with Crippen molar-refractivity contribution in [1.29, 1.82) is 0 Å². The van der Waals surface area contributed by atoms with Crippen molar-refractivity contribution in [2.75, 3.05) is 13.7 Å². The van der Waals surface area contributed by atoms with Crippen LogP contribution in [-0.4, -0.2) is 85.0 Å². The maximum Gasteiger partial charge on any atom is 0.331 e. The third-order valence-corrected chi connectivity index (χ3v) is 7.28. The fourth-order valence-electron chi connectivity index (χ4n) is 5.01. The van der Waals surface area contributed by atoms with E-state index < -0.39 is 82.5 Å². The molecule has 1 aliphatic rings. The van der Waals surface area contributed by atoms with Gasteiger partial charge in [0.2, 0.25) is 0 Å². The molecule has 0 radical (unpaired) electrons. The molecule has 0 saturated carbocycles. The van der Waals surface area contributed by atoms with E-state index in [0.717, 1.165) is 30.3 Å². The van der Waals surface area contributed by atoms with Crippen molar-refractivity contribution in [3.63, 3.8) is 0 Å². The molecule has 236 valence electrons. The summed E-state index contributed by atoms with van der Waals surface area (Å²) >= 11 is 0. The quantitative estimate of drug-likeness (QED) is 0.0831. The van der Waals surface area contributed by atoms with Crippen molar-refractivity contribution < 1.29 is 64.3 Å². The molecule has 14 nitrogen and oxygen atoms in total. The fraction of sp³-hybridized carbons (Fsp3) is 0.226. The van der Waals surface area contributed by atoms with Gasteiger partial charge in [-0.25, -0.2) is 4.79 Å². The summed E-state index contributed by atoms with van der Waals surface area (Å²) in [4.78, 5) is 26.1. The number of phenolic OH excluding ortho intramolecular Hbond substituents is 5. The first kappa shape index (κ1) is 31.2. The van der Waals surface area contributed by atoms with Crippen LogP contribution in [0.2, 0.25) is 0 Å². The predicted octanol–water partition coefficient (Wildman–Crippen LogP) is 1.78. The Bertz CT molecular complexity index is 1840. The third-order valence-electron chi connectivity index (χ3n) is 7.28. The third kappa shape index (κ3) is 5.94. The Labute approximate surface area is 253 Å². The minimum absolute atomic E-state index is 0.116. The summed E-state index contributed by atoms with van der Waals surface area (Å²) in [6, 6.07) is 9.61. The number of rotatable bonds is 7. The van der Waals surface area contributed by atoms with Gasteiger partial charge in [0.1, 0.15) is 47.1 Å². The number of fused-ring (bicyclic) bond motifs is 1. The van der Waals surface area contributed by atoms with Crippen molar-refractivity contribution in [2.24, 2.45) is 0 Å². The van der Waals surface area contributed by atoms with Crippen LogP contribution in [0.3, 0.4) is 0 Å². The SMILES string of the molecule is COc1cc(/C=C/C(=O)O[C@@H]2[C@@H](O)[C@H](O)[C@H](CO)O[C@H]2c2c(O)cc(O)c3c(=O)cc(-c4ccc(O)c(O)c4)oc23)ccc1O. The smallest absolute Gasteiger partial charge is 0.331 e. The Kier molecular flexibility index (Phi) is 8.57. The number of benzene rings is 3. The first-order valence-corrected chi connectivity index (χ1v) is 13.4. The summed E-state index contributed by atoms with van der Waals surface area (Å²) in [7, 11) is 1.34. The van der Waals surface area contributed by atoms with Crippen molar-refractivity contribution in [3.8, 4) is 45.8 Å². The molecule has 45 heavy (non-hydrogen) atoms. The van der Waals surface area contributed by atoms with Gasteiger partial charge in [0.05, 0.1) is 19.3 Å². The second-order valence-corrected chi connectivity index (χ2v) is 10.1. The molecule has 0 aliphatic carbocycles. The van der Waals surface area contributed by atoms with Gasteiger partial charge in [0.25, 0.3) is 0 Å². The molecule has 3 aromatic carbocycles. The summed E-state index contributed by atoms with van der Waals surface area (Å²) in [6.45, 7) is -0.809. The van der Waals surface area contributed by atoms with E-state index in [1.807, 2.05) is 0 Å². The van der Waals surface area contributed by atoms with Crippen LogP contribution in [0.4, 0.5) is 0 Å². The highest BCUT2D eigenvalue weighted by molar-refractivity contribution is 5.90. The molecule has 0 amide bonds. The van der Waals surface area contributed by atoms with Crippen LogP contribution in [0.15, 0.2) is 63.8 Å². The van der Waals surface area contributed by atoms with Gasteiger partial charge in [-0.05, 0) is 42.0 Å². The van der Waals surface area contributed by atoms with E-state index in [-0.39, 0.29) is 28.4 Å². The Morgan fingerprint density at radius 3 is 2.31 bits per heavy atom. The number of ether oxygens (including phenoxy) is 3. The van der Waals surface area contributed by atoms with Crippen molar-refractivity contribution in [2.45, 2.75) is 30.5 Å². The van der Waals surface area contributed by atoms with Gasteiger partial charge >= 0.3 is 5.97 Å². The summed E-state index contributed by atoms with van der Waals surface area (Å²) < 4.78 is 22.2. The monoisotopic (exact) mass is 624 g/mol. The molecular formula is C31H28O14. The van der Waals surface area contributed by atoms with Gasteiger partial charge in [-0.2, -0.15) is 0 Å². The summed E-state index contributed by atoms with van der Waals surface area (Å²) in [5.41, 5.74) is -1.09. The molecular weight excluding hydrogens is 596 g/mol. The Morgan fingerprint density at radius 2 is 1.62 bits per heavy atom. The molecule has 8 N–H and O–H groups in total. The molecule has 0 bridgehead atoms. The lowest BCUT2D eigenvalue weighted by atomic mass is 9.89. The van der Waals surface area contributed by atoms with E-state index in [1.54, 1.807) is 0 Å². The number of hydrogen-bond donors (Lipinski definition) is 8. The number of aliphatic hydroxyl groups excluding tert-OH is 3. The molecule has 1 aliphatic heterocycles. The molecule has 5 rings (SSSR count). The number of hydrogen-bond acceptors (Lipinski definition) is 14. The molecule has 1 fully saturated rings. The van der Waals surface area contributed by atoms with E-state index in [4.69, 9.17) is 18.6 Å². The van der Waals surface area contributed by atoms with E-state index in [2.05, 4.69) is 0 Å². The van der Waals surface area contributed by atoms with Gasteiger partial charge in [0, 0.05) is 23.8 Å². The topological polar surface area (TPSA) is 237 Å². The highest BCUT2D eigenvalue weighted by atomic mass is 16.6. The summed E-state index contributed by atoms with van der Waals surface area (Å²) in [6.07, 6.45) is -6.26. The van der Waals surface area contributed by atoms with Crippen LogP contribution in [0.1, 0.15) is 17.2 Å².